The molecule has 0 bridgehead atoms. The number of hydrogen-bond donors (Lipinski definition) is 1. The molecule has 2 rings (SSSR count). The SMILES string of the molecule is C[C@H](N)c1ccc(OCc2ccccc2Br)c(Cl)c1. The van der Waals surface area contributed by atoms with Crippen molar-refractivity contribution < 1.29 is 4.74 Å². The van der Waals surface area contributed by atoms with Gasteiger partial charge >= 0.3 is 0 Å². The highest BCUT2D eigenvalue weighted by Gasteiger charge is 2.07. The van der Waals surface area contributed by atoms with Crippen molar-refractivity contribution in [3.63, 3.8) is 0 Å². The number of benzene rings is 2. The van der Waals surface area contributed by atoms with Gasteiger partial charge in [-0.25, -0.2) is 0 Å². The van der Waals surface area contributed by atoms with Gasteiger partial charge in [0.15, 0.2) is 0 Å². The third-order valence-corrected chi connectivity index (χ3v) is 3.89. The lowest BCUT2D eigenvalue weighted by molar-refractivity contribution is 0.305. The summed E-state index contributed by atoms with van der Waals surface area (Å²) >= 11 is 9.68. The van der Waals surface area contributed by atoms with Crippen molar-refractivity contribution in [1.29, 1.82) is 0 Å². The minimum atomic E-state index is -0.0326. The summed E-state index contributed by atoms with van der Waals surface area (Å²) in [5, 5.41) is 0.585. The molecule has 0 aromatic heterocycles. The molecule has 0 unspecified atom stereocenters. The molecule has 2 N–H and O–H groups in total. The summed E-state index contributed by atoms with van der Waals surface area (Å²) in [6, 6.07) is 13.6. The first-order valence-electron chi connectivity index (χ1n) is 5.99. The van der Waals surface area contributed by atoms with Crippen LogP contribution in [0.1, 0.15) is 24.1 Å². The smallest absolute Gasteiger partial charge is 0.138 e. The van der Waals surface area contributed by atoms with E-state index in [0.717, 1.165) is 15.6 Å². The summed E-state index contributed by atoms with van der Waals surface area (Å²) in [6.07, 6.45) is 0. The molecular weight excluding hydrogens is 326 g/mol. The fraction of sp³-hybridized carbons (Fsp3) is 0.200. The zero-order valence-corrected chi connectivity index (χ0v) is 12.9. The Hall–Kier alpha value is -1.03. The molecule has 0 fully saturated rings. The second-order valence-electron chi connectivity index (χ2n) is 4.36. The average molecular weight is 341 g/mol. The molecule has 0 saturated carbocycles. The highest BCUT2D eigenvalue weighted by Crippen LogP contribution is 2.28. The number of nitrogens with two attached hydrogens (primary N) is 1. The molecule has 4 heteroatoms. The Morgan fingerprint density at radius 3 is 2.63 bits per heavy atom. The van der Waals surface area contributed by atoms with Crippen molar-refractivity contribution in [1.82, 2.24) is 0 Å². The van der Waals surface area contributed by atoms with Crippen molar-refractivity contribution >= 4 is 27.5 Å². The first-order valence-corrected chi connectivity index (χ1v) is 7.16. The normalized spacial score (nSPS) is 12.2. The number of ether oxygens (including phenoxy) is 1. The van der Waals surface area contributed by atoms with Crippen LogP contribution in [0, 0.1) is 0 Å². The molecule has 2 nitrogen and oxygen atoms in total. The van der Waals surface area contributed by atoms with Crippen molar-refractivity contribution in [3.8, 4) is 5.75 Å². The van der Waals surface area contributed by atoms with Crippen LogP contribution in [0.15, 0.2) is 46.9 Å². The van der Waals surface area contributed by atoms with E-state index in [1.165, 1.54) is 0 Å². The summed E-state index contributed by atoms with van der Waals surface area (Å²) in [4.78, 5) is 0. The van der Waals surface area contributed by atoms with Gasteiger partial charge in [0, 0.05) is 16.1 Å². The van der Waals surface area contributed by atoms with Crippen molar-refractivity contribution in [2.45, 2.75) is 19.6 Å². The molecule has 1 atom stereocenters. The predicted molar refractivity (Wildman–Crippen MR) is 82.5 cm³/mol. The van der Waals surface area contributed by atoms with Gasteiger partial charge in [-0.15, -0.1) is 0 Å². The van der Waals surface area contributed by atoms with Crippen molar-refractivity contribution in [2.24, 2.45) is 5.73 Å². The van der Waals surface area contributed by atoms with Gasteiger partial charge in [-0.05, 0) is 30.7 Å². The van der Waals surface area contributed by atoms with Gasteiger partial charge in [0.2, 0.25) is 0 Å². The Bertz CT molecular complexity index is 572. The number of rotatable bonds is 4. The van der Waals surface area contributed by atoms with Crippen LogP contribution in [0.3, 0.4) is 0 Å². The minimum Gasteiger partial charge on any atom is -0.487 e. The van der Waals surface area contributed by atoms with E-state index in [4.69, 9.17) is 22.1 Å². The number of hydrogen-bond acceptors (Lipinski definition) is 2. The maximum atomic E-state index is 6.19. The van der Waals surface area contributed by atoms with Gasteiger partial charge in [0.05, 0.1) is 5.02 Å². The molecule has 2 aromatic carbocycles. The van der Waals surface area contributed by atoms with Crippen LogP contribution in [0.2, 0.25) is 5.02 Å². The zero-order chi connectivity index (χ0) is 13.8. The summed E-state index contributed by atoms with van der Waals surface area (Å²) in [7, 11) is 0. The molecule has 0 aliphatic heterocycles. The van der Waals surface area contributed by atoms with E-state index >= 15 is 0 Å². The van der Waals surface area contributed by atoms with Gasteiger partial charge < -0.3 is 10.5 Å². The summed E-state index contributed by atoms with van der Waals surface area (Å²) in [5.74, 6) is 0.668. The highest BCUT2D eigenvalue weighted by molar-refractivity contribution is 9.10. The molecule has 0 aliphatic carbocycles. The molecule has 2 aromatic rings. The maximum absolute atomic E-state index is 6.19. The van der Waals surface area contributed by atoms with Crippen molar-refractivity contribution in [3.05, 3.63) is 63.1 Å². The quantitative estimate of drug-likeness (QED) is 0.875. The molecule has 0 radical (unpaired) electrons. The molecule has 100 valence electrons. The molecule has 0 aliphatic rings. The predicted octanol–water partition coefficient (Wildman–Crippen LogP) is 4.70. The van der Waals surface area contributed by atoms with E-state index in [0.29, 0.717) is 17.4 Å². The second kappa shape index (κ2) is 6.42. The molecular formula is C15H15BrClNO. The van der Waals surface area contributed by atoms with E-state index in [-0.39, 0.29) is 6.04 Å². The second-order valence-corrected chi connectivity index (χ2v) is 5.62. The van der Waals surface area contributed by atoms with Gasteiger partial charge in [0.25, 0.3) is 0 Å². The zero-order valence-electron chi connectivity index (χ0n) is 10.6. The Kier molecular flexibility index (Phi) is 4.86. The lowest BCUT2D eigenvalue weighted by atomic mass is 10.1. The monoisotopic (exact) mass is 339 g/mol. The Labute approximate surface area is 126 Å². The van der Waals surface area contributed by atoms with E-state index in [1.807, 2.05) is 49.4 Å². The van der Waals surface area contributed by atoms with E-state index in [2.05, 4.69) is 15.9 Å². The van der Waals surface area contributed by atoms with Crippen LogP contribution < -0.4 is 10.5 Å². The average Bonchev–Trinajstić information content (AvgIpc) is 2.39. The lowest BCUT2D eigenvalue weighted by Gasteiger charge is -2.12. The first-order chi connectivity index (χ1) is 9.08. The Morgan fingerprint density at radius 2 is 2.00 bits per heavy atom. The Morgan fingerprint density at radius 1 is 1.26 bits per heavy atom. The van der Waals surface area contributed by atoms with Crippen LogP contribution in [-0.2, 0) is 6.61 Å². The third-order valence-electron chi connectivity index (χ3n) is 2.82. The van der Waals surface area contributed by atoms with Crippen LogP contribution >= 0.6 is 27.5 Å². The topological polar surface area (TPSA) is 35.2 Å². The van der Waals surface area contributed by atoms with Crippen molar-refractivity contribution in [2.75, 3.05) is 0 Å². The standard InChI is InChI=1S/C15H15BrClNO/c1-10(18)11-6-7-15(14(17)8-11)19-9-12-4-2-3-5-13(12)16/h2-8,10H,9,18H2,1H3/t10-/m0/s1. The largest absolute Gasteiger partial charge is 0.487 e. The minimum absolute atomic E-state index is 0.0326. The molecule has 0 saturated heterocycles. The van der Waals surface area contributed by atoms with Gasteiger partial charge in [-0.1, -0.05) is 51.8 Å². The van der Waals surface area contributed by atoms with E-state index in [9.17, 15) is 0 Å². The Balaban J connectivity index is 2.10. The van der Waals surface area contributed by atoms with Gasteiger partial charge in [-0.2, -0.15) is 0 Å². The summed E-state index contributed by atoms with van der Waals surface area (Å²) in [5.41, 5.74) is 7.89. The van der Waals surface area contributed by atoms with Crippen LogP contribution in [0.4, 0.5) is 0 Å². The van der Waals surface area contributed by atoms with Crippen LogP contribution in [0.5, 0.6) is 5.75 Å². The van der Waals surface area contributed by atoms with Crippen LogP contribution in [-0.4, -0.2) is 0 Å². The first kappa shape index (κ1) is 14.4. The summed E-state index contributed by atoms with van der Waals surface area (Å²) < 4.78 is 6.76. The van der Waals surface area contributed by atoms with Crippen LogP contribution in [0.25, 0.3) is 0 Å². The maximum Gasteiger partial charge on any atom is 0.138 e. The molecule has 0 spiro atoms. The third kappa shape index (κ3) is 3.72. The van der Waals surface area contributed by atoms with E-state index in [1.54, 1.807) is 0 Å². The van der Waals surface area contributed by atoms with Gasteiger partial charge in [0.1, 0.15) is 12.4 Å². The molecule has 0 amide bonds. The fourth-order valence-electron chi connectivity index (χ4n) is 1.69. The molecule has 19 heavy (non-hydrogen) atoms. The van der Waals surface area contributed by atoms with Gasteiger partial charge in [-0.3, -0.25) is 0 Å². The molecule has 0 heterocycles. The highest BCUT2D eigenvalue weighted by atomic mass is 79.9. The summed E-state index contributed by atoms with van der Waals surface area (Å²) in [6.45, 7) is 2.39. The van der Waals surface area contributed by atoms with E-state index < -0.39 is 0 Å². The number of halogens is 2. The fourth-order valence-corrected chi connectivity index (χ4v) is 2.33. The lowest BCUT2D eigenvalue weighted by Crippen LogP contribution is -2.05.